The second-order valence-corrected chi connectivity index (χ2v) is 17.3. The molecule has 76 heavy (non-hydrogen) atoms. The molecular weight excluding hydrogens is 1010 g/mol. The number of hydrogen-bond donors (Lipinski definition) is 0. The molecule has 0 unspecified atom stereocenters. The van der Waals surface area contributed by atoms with Crippen LogP contribution in [0.2, 0.25) is 0 Å². The van der Waals surface area contributed by atoms with E-state index in [9.17, 15) is 38.4 Å². The molecule has 4 aliphatic rings. The monoisotopic (exact) mass is 1040 g/mol. The van der Waals surface area contributed by atoms with Gasteiger partial charge in [-0.2, -0.15) is 0 Å². The number of rotatable bonds is 4. The molecule has 4 aromatic carbocycles. The fraction of sp³-hybridized carbons (Fsp3) is 0.0345. The van der Waals surface area contributed by atoms with Gasteiger partial charge in [0.2, 0.25) is 23.1 Å². The van der Waals surface area contributed by atoms with Crippen molar-refractivity contribution in [2.75, 3.05) is 19.6 Å². The van der Waals surface area contributed by atoms with E-state index in [1.165, 1.54) is 44.4 Å². The van der Waals surface area contributed by atoms with Gasteiger partial charge in [-0.3, -0.25) is 67.9 Å². The fourth-order valence-corrected chi connectivity index (χ4v) is 9.46. The number of carbonyl (C=O) groups excluding carboxylic acids is 8. The lowest BCUT2D eigenvalue weighted by Gasteiger charge is -2.24. The molecule has 12 rings (SSSR count). The van der Waals surface area contributed by atoms with Crippen molar-refractivity contribution in [3.63, 3.8) is 0 Å². The number of para-hydroxylation sites is 4. The van der Waals surface area contributed by atoms with Crippen molar-refractivity contribution in [2.24, 2.45) is 14.1 Å². The molecule has 0 aliphatic carbocycles. The van der Waals surface area contributed by atoms with E-state index in [0.717, 1.165) is 0 Å². The molecule has 4 amide bonds. The molecule has 8 aromatic rings. The first-order valence-electron chi connectivity index (χ1n) is 23.1. The number of amides is 4. The van der Waals surface area contributed by atoms with Crippen molar-refractivity contribution >= 4 is 69.5 Å². The molecule has 16 nitrogen and oxygen atoms in total. The number of anilines is 4. The summed E-state index contributed by atoms with van der Waals surface area (Å²) in [6.07, 6.45) is 12.7. The molecule has 18 heteroatoms. The van der Waals surface area contributed by atoms with E-state index in [2.05, 4.69) is 9.97 Å². The highest BCUT2D eigenvalue weighted by Crippen LogP contribution is 2.45. The van der Waals surface area contributed by atoms with Crippen LogP contribution in [0.15, 0.2) is 218 Å². The zero-order chi connectivity index (χ0) is 51.4. The van der Waals surface area contributed by atoms with Crippen molar-refractivity contribution in [3.05, 3.63) is 262 Å². The molecule has 8 heterocycles. The summed E-state index contributed by atoms with van der Waals surface area (Å²) in [6, 6.07) is 39.8. The second kappa shape index (κ2) is 20.5. The number of carbonyl (C=O) groups is 8. The van der Waals surface area contributed by atoms with E-state index in [0.29, 0.717) is 33.9 Å². The topological polar surface area (TPSA) is 183 Å². The highest BCUT2D eigenvalue weighted by atomic mass is 35.5. The summed E-state index contributed by atoms with van der Waals surface area (Å²) in [4.78, 5) is 124. The molecule has 4 aliphatic heterocycles. The number of nitrogens with zero attached hydrogens (tertiary/aromatic N) is 8. The maximum atomic E-state index is 14.0. The number of ketones is 4. The molecule has 0 bridgehead atoms. The van der Waals surface area contributed by atoms with Gasteiger partial charge < -0.3 is 24.8 Å². The third-order valence-electron chi connectivity index (χ3n) is 12.8. The van der Waals surface area contributed by atoms with E-state index in [1.807, 2.05) is 0 Å². The molecule has 4 aromatic heterocycles. The number of fused-ring (bicyclic) bond motifs is 4. The van der Waals surface area contributed by atoms with Crippen molar-refractivity contribution in [3.8, 4) is 0 Å². The quantitative estimate of drug-likeness (QED) is 0.182. The first-order chi connectivity index (χ1) is 35.9. The van der Waals surface area contributed by atoms with E-state index in [-0.39, 0.29) is 81.0 Å². The molecule has 0 saturated heterocycles. The van der Waals surface area contributed by atoms with Gasteiger partial charge in [-0.15, -0.1) is 0 Å². The van der Waals surface area contributed by atoms with Crippen LogP contribution in [0.5, 0.6) is 0 Å². The summed E-state index contributed by atoms with van der Waals surface area (Å²) in [5, 5.41) is 0. The number of Topliss-reactive ketones (excluding diaryl/α,β-unsaturated/α-hetero) is 4. The second-order valence-electron chi connectivity index (χ2n) is 17.3. The number of hydrogen-bond acceptors (Lipinski definition) is 10. The van der Waals surface area contributed by atoms with Gasteiger partial charge in [-0.25, -0.2) is 9.13 Å². The van der Waals surface area contributed by atoms with Gasteiger partial charge in [-0.1, -0.05) is 48.5 Å². The summed E-state index contributed by atoms with van der Waals surface area (Å²) < 4.78 is 3.46. The van der Waals surface area contributed by atoms with Crippen molar-refractivity contribution in [2.45, 2.75) is 0 Å². The van der Waals surface area contributed by atoms with Crippen LogP contribution in [0.3, 0.4) is 0 Å². The number of pyridine rings is 4. The third kappa shape index (κ3) is 8.42. The summed E-state index contributed by atoms with van der Waals surface area (Å²) in [6.45, 7) is 0. The smallest absolute Gasteiger partial charge is 0.269 e. The predicted molar refractivity (Wildman–Crippen MR) is 268 cm³/mol. The largest absolute Gasteiger partial charge is 1.00 e. The Morgan fingerprint density at radius 1 is 0.355 bits per heavy atom. The van der Waals surface area contributed by atoms with Crippen molar-refractivity contribution < 1.29 is 72.3 Å². The number of benzene rings is 4. The van der Waals surface area contributed by atoms with Gasteiger partial charge in [0.05, 0.1) is 33.9 Å². The maximum Gasteiger partial charge on any atom is 0.269 e. The Labute approximate surface area is 445 Å². The minimum atomic E-state index is -0.540. The predicted octanol–water partition coefficient (Wildman–Crippen LogP) is 1.02. The van der Waals surface area contributed by atoms with E-state index in [4.69, 9.17) is 0 Å². The number of allylic oxidation sites excluding steroid dienone is 4. The molecule has 0 spiro atoms. The van der Waals surface area contributed by atoms with Gasteiger partial charge in [-0.05, 0) is 84.9 Å². The molecule has 0 atom stereocenters. The first-order valence-corrected chi connectivity index (χ1v) is 23.1. The maximum absolute atomic E-state index is 14.0. The molecule has 372 valence electrons. The Morgan fingerprint density at radius 2 is 0.618 bits per heavy atom. The van der Waals surface area contributed by atoms with Crippen LogP contribution >= 0.6 is 0 Å². The van der Waals surface area contributed by atoms with E-state index < -0.39 is 46.8 Å². The number of aromatic nitrogens is 4. The highest BCUT2D eigenvalue weighted by molar-refractivity contribution is 6.37. The van der Waals surface area contributed by atoms with Crippen LogP contribution in [0.1, 0.15) is 82.9 Å². The summed E-state index contributed by atoms with van der Waals surface area (Å²) >= 11 is 0. The SMILES string of the molecule is C[n+]1cccc(C(=O)N2/C(=C3\C(=O)c4ccccc4N3C(=O)c3ccc[n+](C)c3)C(=O)c3ccccc32)c1.O=C1/C(=C2/C(=O)c3ccccc3N2C(=O)c2cccnc2)N(C(=O)c2cccnc2)c2ccccc21.[Cl-].[Cl-]. The zero-order valence-electron chi connectivity index (χ0n) is 40.1. The van der Waals surface area contributed by atoms with Crippen molar-refractivity contribution in [1.82, 2.24) is 9.97 Å². The standard InChI is InChI=1S/C30H22N4O4.C28H16N4O4.2ClH/c1-31-15-7-9-19(17-31)29(37)33-23-13-5-3-11-21(23)27(35)25(33)26-28(36)22-12-4-6-14-24(22)34(26)30(38)20-10-8-16-32(2)18-20;33-25-19-9-1-3-11-21(19)31(27(35)17-7-5-13-29-15-17)23(25)24-26(34)20-10-2-4-12-22(20)32(24)28(36)18-8-6-14-30-16-18;;/h3-18H,1-2H3;1-16H;2*1H/q+2;;;/p-2/b26-25+;24-23+;;. The molecule has 0 fully saturated rings. The normalized spacial score (nSPS) is 15.7. The minimum Gasteiger partial charge on any atom is -1.00 e. The summed E-state index contributed by atoms with van der Waals surface area (Å²) in [5.74, 6) is -4.09. The average molecular weight is 1050 g/mol. The molecule has 0 saturated carbocycles. The fourth-order valence-electron chi connectivity index (χ4n) is 9.46. The number of aryl methyl sites for hydroxylation is 2. The molecule has 0 N–H and O–H groups in total. The molecule has 0 radical (unpaired) electrons. The summed E-state index contributed by atoms with van der Waals surface area (Å²) in [5.41, 5.74) is 2.94. The van der Waals surface area contributed by atoms with Gasteiger partial charge >= 0.3 is 0 Å². The van der Waals surface area contributed by atoms with Gasteiger partial charge in [0, 0.05) is 59.2 Å². The average Bonchev–Trinajstić information content (AvgIpc) is 4.13. The highest BCUT2D eigenvalue weighted by Gasteiger charge is 2.49. The Balaban J connectivity index is 0.000000181. The lowest BCUT2D eigenvalue weighted by molar-refractivity contribution is -0.671. The first kappa shape index (κ1) is 51.0. The Hall–Kier alpha value is -9.90. The van der Waals surface area contributed by atoms with Crippen LogP contribution in [0.4, 0.5) is 22.7 Å². The lowest BCUT2D eigenvalue weighted by atomic mass is 10.1. The number of halogens is 2. The van der Waals surface area contributed by atoms with E-state index >= 15 is 0 Å². The van der Waals surface area contributed by atoms with Crippen LogP contribution in [-0.2, 0) is 14.1 Å². The van der Waals surface area contributed by atoms with Crippen LogP contribution in [-0.4, -0.2) is 56.7 Å². The Morgan fingerprint density at radius 3 is 0.882 bits per heavy atom. The minimum absolute atomic E-state index is 0. The summed E-state index contributed by atoms with van der Waals surface area (Å²) in [7, 11) is 3.58. The van der Waals surface area contributed by atoms with Crippen molar-refractivity contribution in [1.29, 1.82) is 0 Å². The van der Waals surface area contributed by atoms with Crippen LogP contribution in [0.25, 0.3) is 0 Å². The zero-order valence-corrected chi connectivity index (χ0v) is 41.6. The van der Waals surface area contributed by atoms with Gasteiger partial charge in [0.25, 0.3) is 23.6 Å². The van der Waals surface area contributed by atoms with E-state index in [1.54, 1.807) is 194 Å². The Bertz CT molecular complexity index is 3620. The Kier molecular flexibility index (Phi) is 13.8. The van der Waals surface area contributed by atoms with Gasteiger partial charge in [0.1, 0.15) is 48.0 Å². The third-order valence-corrected chi connectivity index (χ3v) is 12.8. The van der Waals surface area contributed by atoms with Crippen LogP contribution in [0, 0.1) is 0 Å². The lowest BCUT2D eigenvalue weighted by Crippen LogP contribution is -3.00. The molecular formula is C58H38Cl2N8O8. The van der Waals surface area contributed by atoms with Crippen LogP contribution < -0.4 is 53.5 Å². The van der Waals surface area contributed by atoms with Gasteiger partial charge in [0.15, 0.2) is 24.8 Å².